The first-order chi connectivity index (χ1) is 10.1. The molecule has 0 spiro atoms. The fourth-order valence-electron chi connectivity index (χ4n) is 2.50. The average Bonchev–Trinajstić information content (AvgIpc) is 2.83. The Kier molecular flexibility index (Phi) is 3.17. The number of hydrogen-bond acceptors (Lipinski definition) is 3. The molecule has 21 heavy (non-hydrogen) atoms. The Bertz CT molecular complexity index is 822. The van der Waals surface area contributed by atoms with Crippen LogP contribution < -0.4 is 0 Å². The van der Waals surface area contributed by atoms with E-state index in [0.717, 1.165) is 5.56 Å². The number of carboxylic acids is 1. The largest absolute Gasteiger partial charge is 0.478 e. The van der Waals surface area contributed by atoms with E-state index in [4.69, 9.17) is 0 Å². The van der Waals surface area contributed by atoms with Crippen molar-refractivity contribution in [2.45, 2.75) is 20.4 Å². The van der Waals surface area contributed by atoms with Crippen LogP contribution in [0.2, 0.25) is 0 Å². The summed E-state index contributed by atoms with van der Waals surface area (Å²) in [5, 5.41) is 14.5. The molecule has 106 valence electrons. The molecule has 0 aliphatic carbocycles. The molecule has 0 aliphatic rings. The lowest BCUT2D eigenvalue weighted by Crippen LogP contribution is -2.02. The highest BCUT2D eigenvalue weighted by Crippen LogP contribution is 2.27. The lowest BCUT2D eigenvalue weighted by atomic mass is 10.1. The van der Waals surface area contributed by atoms with E-state index in [9.17, 15) is 9.90 Å². The zero-order valence-electron chi connectivity index (χ0n) is 11.9. The van der Waals surface area contributed by atoms with Gasteiger partial charge in [-0.1, -0.05) is 30.3 Å². The lowest BCUT2D eigenvalue weighted by molar-refractivity contribution is 0.0699. The predicted octanol–water partition coefficient (Wildman–Crippen LogP) is 3.12. The molecule has 0 aliphatic heterocycles. The number of carbonyl (C=O) groups is 1. The number of aromatic carboxylic acids is 1. The number of hydrogen-bond donors (Lipinski definition) is 1. The molecule has 5 heteroatoms. The summed E-state index contributed by atoms with van der Waals surface area (Å²) < 4.78 is 1.74. The number of nitrogens with zero attached hydrogens (tertiary/aromatic N) is 3. The molecule has 0 saturated heterocycles. The second kappa shape index (κ2) is 5.01. The molecule has 3 rings (SSSR count). The molecule has 0 amide bonds. The van der Waals surface area contributed by atoms with Gasteiger partial charge in [0.15, 0.2) is 5.65 Å². The maximum atomic E-state index is 11.6. The molecule has 1 aromatic carbocycles. The smallest absolute Gasteiger partial charge is 0.336 e. The van der Waals surface area contributed by atoms with E-state index in [0.29, 0.717) is 29.0 Å². The minimum atomic E-state index is -0.960. The first-order valence-corrected chi connectivity index (χ1v) is 6.78. The van der Waals surface area contributed by atoms with Crippen LogP contribution in [0.25, 0.3) is 22.3 Å². The van der Waals surface area contributed by atoms with Crippen LogP contribution in [0.15, 0.2) is 36.4 Å². The lowest BCUT2D eigenvalue weighted by Gasteiger charge is -2.06. The molecule has 3 aromatic rings. The van der Waals surface area contributed by atoms with E-state index in [1.165, 1.54) is 0 Å². The van der Waals surface area contributed by atoms with E-state index >= 15 is 0 Å². The van der Waals surface area contributed by atoms with Gasteiger partial charge in [-0.3, -0.25) is 0 Å². The molecular formula is C16H15N3O2. The summed E-state index contributed by atoms with van der Waals surface area (Å²) in [6.07, 6.45) is 0. The molecule has 2 heterocycles. The number of carboxylic acid groups (broad SMARTS) is 1. The third kappa shape index (κ3) is 2.16. The summed E-state index contributed by atoms with van der Waals surface area (Å²) in [4.78, 5) is 16.2. The quantitative estimate of drug-likeness (QED) is 0.801. The molecule has 0 radical (unpaired) electrons. The zero-order chi connectivity index (χ0) is 15.0. The average molecular weight is 281 g/mol. The van der Waals surface area contributed by atoms with Crippen molar-refractivity contribution in [1.82, 2.24) is 14.8 Å². The molecule has 0 atom stereocenters. The number of fused-ring (bicyclic) bond motifs is 1. The SMILES string of the molecule is CCn1nc(C)c2c(C(=O)O)cc(-c3ccccc3)nc21. The van der Waals surface area contributed by atoms with Gasteiger partial charge in [0.2, 0.25) is 0 Å². The standard InChI is InChI=1S/C16H15N3O2/c1-3-19-15-14(10(2)18-19)12(16(20)21)9-13(17-15)11-7-5-4-6-8-11/h4-9H,3H2,1-2H3,(H,20,21). The first-order valence-electron chi connectivity index (χ1n) is 6.78. The Balaban J connectivity index is 2.37. The van der Waals surface area contributed by atoms with Gasteiger partial charge in [-0.15, -0.1) is 0 Å². The minimum absolute atomic E-state index is 0.246. The molecule has 2 aromatic heterocycles. The molecule has 0 bridgehead atoms. The van der Waals surface area contributed by atoms with Crippen LogP contribution in [0, 0.1) is 6.92 Å². The van der Waals surface area contributed by atoms with Gasteiger partial charge < -0.3 is 5.11 Å². The van der Waals surface area contributed by atoms with Crippen molar-refractivity contribution in [2.75, 3.05) is 0 Å². The Hall–Kier alpha value is -2.69. The van der Waals surface area contributed by atoms with Crippen LogP contribution in [0.4, 0.5) is 0 Å². The summed E-state index contributed by atoms with van der Waals surface area (Å²) in [6.45, 7) is 4.42. The van der Waals surface area contributed by atoms with Gasteiger partial charge >= 0.3 is 5.97 Å². The van der Waals surface area contributed by atoms with Gasteiger partial charge in [-0.2, -0.15) is 5.10 Å². The summed E-state index contributed by atoms with van der Waals surface area (Å²) >= 11 is 0. The number of rotatable bonds is 3. The summed E-state index contributed by atoms with van der Waals surface area (Å²) in [7, 11) is 0. The summed E-state index contributed by atoms with van der Waals surface area (Å²) in [5.74, 6) is -0.960. The van der Waals surface area contributed by atoms with E-state index < -0.39 is 5.97 Å². The second-order valence-corrected chi connectivity index (χ2v) is 4.83. The van der Waals surface area contributed by atoms with Crippen molar-refractivity contribution in [2.24, 2.45) is 0 Å². The van der Waals surface area contributed by atoms with E-state index in [2.05, 4.69) is 10.1 Å². The maximum absolute atomic E-state index is 11.6. The molecule has 5 nitrogen and oxygen atoms in total. The van der Waals surface area contributed by atoms with Crippen LogP contribution in [-0.2, 0) is 6.54 Å². The molecule has 1 N–H and O–H groups in total. The first kappa shape index (κ1) is 13.3. The van der Waals surface area contributed by atoms with Crippen LogP contribution in [-0.4, -0.2) is 25.8 Å². The maximum Gasteiger partial charge on any atom is 0.336 e. The minimum Gasteiger partial charge on any atom is -0.478 e. The Morgan fingerprint density at radius 3 is 2.62 bits per heavy atom. The van der Waals surface area contributed by atoms with Crippen molar-refractivity contribution in [3.63, 3.8) is 0 Å². The van der Waals surface area contributed by atoms with Gasteiger partial charge in [0.25, 0.3) is 0 Å². The van der Waals surface area contributed by atoms with Gasteiger partial charge in [0, 0.05) is 12.1 Å². The van der Waals surface area contributed by atoms with Crippen molar-refractivity contribution in [3.05, 3.63) is 47.7 Å². The van der Waals surface area contributed by atoms with Crippen LogP contribution in [0.5, 0.6) is 0 Å². The summed E-state index contributed by atoms with van der Waals surface area (Å²) in [6, 6.07) is 11.2. The Morgan fingerprint density at radius 1 is 1.29 bits per heavy atom. The van der Waals surface area contributed by atoms with Gasteiger partial charge in [0.05, 0.1) is 22.3 Å². The van der Waals surface area contributed by atoms with Crippen LogP contribution in [0.3, 0.4) is 0 Å². The number of aryl methyl sites for hydroxylation is 2. The van der Waals surface area contributed by atoms with Crippen molar-refractivity contribution < 1.29 is 9.90 Å². The number of aromatic nitrogens is 3. The van der Waals surface area contributed by atoms with Gasteiger partial charge in [-0.25, -0.2) is 14.5 Å². The van der Waals surface area contributed by atoms with E-state index in [1.807, 2.05) is 44.2 Å². The topological polar surface area (TPSA) is 68.0 Å². The zero-order valence-corrected chi connectivity index (χ0v) is 11.9. The highest BCUT2D eigenvalue weighted by molar-refractivity contribution is 6.04. The third-order valence-electron chi connectivity index (χ3n) is 3.48. The fourth-order valence-corrected chi connectivity index (χ4v) is 2.50. The summed E-state index contributed by atoms with van der Waals surface area (Å²) in [5.41, 5.74) is 3.10. The van der Waals surface area contributed by atoms with E-state index in [1.54, 1.807) is 10.7 Å². The van der Waals surface area contributed by atoms with Gasteiger partial charge in [0.1, 0.15) is 0 Å². The molecule has 0 unspecified atom stereocenters. The molecule has 0 fully saturated rings. The molecule has 0 saturated carbocycles. The normalized spacial score (nSPS) is 11.0. The Labute approximate surface area is 121 Å². The van der Waals surface area contributed by atoms with Crippen LogP contribution >= 0.6 is 0 Å². The van der Waals surface area contributed by atoms with Crippen molar-refractivity contribution in [1.29, 1.82) is 0 Å². The fraction of sp³-hybridized carbons (Fsp3) is 0.188. The highest BCUT2D eigenvalue weighted by atomic mass is 16.4. The highest BCUT2D eigenvalue weighted by Gasteiger charge is 2.18. The van der Waals surface area contributed by atoms with Gasteiger partial charge in [-0.05, 0) is 19.9 Å². The van der Waals surface area contributed by atoms with Crippen molar-refractivity contribution in [3.8, 4) is 11.3 Å². The van der Waals surface area contributed by atoms with Crippen molar-refractivity contribution >= 4 is 17.0 Å². The number of pyridine rings is 1. The number of benzene rings is 1. The second-order valence-electron chi connectivity index (χ2n) is 4.83. The predicted molar refractivity (Wildman–Crippen MR) is 80.3 cm³/mol. The van der Waals surface area contributed by atoms with Crippen LogP contribution in [0.1, 0.15) is 23.0 Å². The van der Waals surface area contributed by atoms with E-state index in [-0.39, 0.29) is 5.56 Å². The monoisotopic (exact) mass is 281 g/mol. The third-order valence-corrected chi connectivity index (χ3v) is 3.48. The Morgan fingerprint density at radius 2 is 2.00 bits per heavy atom. The molecular weight excluding hydrogens is 266 g/mol.